The number of halogens is 2. The Kier molecular flexibility index (Phi) is 9.84. The van der Waals surface area contributed by atoms with Gasteiger partial charge in [0.2, 0.25) is 0 Å². The highest BCUT2D eigenvalue weighted by Crippen LogP contribution is 2.44. The normalized spacial score (nSPS) is 20.2. The van der Waals surface area contributed by atoms with Crippen LogP contribution in [0.4, 0.5) is 0 Å². The van der Waals surface area contributed by atoms with Gasteiger partial charge in [0.05, 0.1) is 19.6 Å². The SMILES string of the molecule is CSc1ccc2c(c1)C(N1CC[N+]([O-])(CCCO)CC1)Cc1ccccc1S2.Cl.Cl. The molecule has 1 unspecified atom stereocenters. The van der Waals surface area contributed by atoms with Crippen LogP contribution in [-0.2, 0) is 6.42 Å². The average molecular weight is 490 g/mol. The number of aliphatic hydroxyl groups is 1. The second-order valence-corrected chi connectivity index (χ2v) is 9.64. The van der Waals surface area contributed by atoms with Crippen molar-refractivity contribution in [3.05, 3.63) is 58.8 Å². The Labute approximate surface area is 200 Å². The number of nitrogens with zero attached hydrogens (tertiary/aromatic N) is 2. The molecule has 30 heavy (non-hydrogen) atoms. The quantitative estimate of drug-likeness (QED) is 0.363. The zero-order chi connectivity index (χ0) is 19.6. The molecule has 0 spiro atoms. The third-order valence-corrected chi connectivity index (χ3v) is 7.87. The van der Waals surface area contributed by atoms with Gasteiger partial charge < -0.3 is 15.0 Å². The summed E-state index contributed by atoms with van der Waals surface area (Å²) in [5, 5.41) is 22.0. The van der Waals surface area contributed by atoms with E-state index in [1.165, 1.54) is 25.8 Å². The number of fused-ring (bicyclic) bond motifs is 2. The summed E-state index contributed by atoms with van der Waals surface area (Å²) in [6, 6.07) is 15.9. The van der Waals surface area contributed by atoms with Crippen molar-refractivity contribution >= 4 is 48.3 Å². The molecule has 1 saturated heterocycles. The van der Waals surface area contributed by atoms with Gasteiger partial charge in [-0.3, -0.25) is 4.90 Å². The molecule has 2 aromatic rings. The van der Waals surface area contributed by atoms with E-state index >= 15 is 0 Å². The molecule has 2 aromatic carbocycles. The maximum atomic E-state index is 12.9. The molecule has 0 bridgehead atoms. The van der Waals surface area contributed by atoms with Crippen LogP contribution in [0.3, 0.4) is 0 Å². The van der Waals surface area contributed by atoms with Crippen molar-refractivity contribution in [3.63, 3.8) is 0 Å². The van der Waals surface area contributed by atoms with Crippen molar-refractivity contribution in [2.24, 2.45) is 0 Å². The molecule has 1 N–H and O–H groups in total. The van der Waals surface area contributed by atoms with Gasteiger partial charge in [0.1, 0.15) is 0 Å². The first kappa shape index (κ1) is 25.8. The van der Waals surface area contributed by atoms with E-state index in [-0.39, 0.29) is 36.1 Å². The van der Waals surface area contributed by atoms with Gasteiger partial charge in [-0.1, -0.05) is 30.0 Å². The summed E-state index contributed by atoms with van der Waals surface area (Å²) in [5.74, 6) is 0. The predicted molar refractivity (Wildman–Crippen MR) is 131 cm³/mol. The van der Waals surface area contributed by atoms with Crippen molar-refractivity contribution in [3.8, 4) is 0 Å². The molecule has 4 nitrogen and oxygen atoms in total. The second kappa shape index (κ2) is 11.4. The number of aliphatic hydroxyl groups excluding tert-OH is 1. The zero-order valence-electron chi connectivity index (χ0n) is 17.2. The van der Waals surface area contributed by atoms with Gasteiger partial charge in [0.25, 0.3) is 0 Å². The summed E-state index contributed by atoms with van der Waals surface area (Å²) in [6.45, 7) is 3.49. The van der Waals surface area contributed by atoms with E-state index in [9.17, 15) is 5.21 Å². The maximum absolute atomic E-state index is 12.9. The molecule has 1 fully saturated rings. The smallest absolute Gasteiger partial charge is 0.0913 e. The van der Waals surface area contributed by atoms with Gasteiger partial charge in [-0.05, 0) is 48.1 Å². The van der Waals surface area contributed by atoms with Gasteiger partial charge >= 0.3 is 0 Å². The molecule has 4 rings (SSSR count). The Balaban J connectivity index is 0.00000160. The minimum Gasteiger partial charge on any atom is -0.633 e. The molecule has 0 saturated carbocycles. The molecule has 0 radical (unpaired) electrons. The number of hydrogen-bond donors (Lipinski definition) is 1. The van der Waals surface area contributed by atoms with Crippen LogP contribution in [0, 0.1) is 5.21 Å². The number of hydrogen-bond acceptors (Lipinski definition) is 5. The molecule has 2 aliphatic rings. The van der Waals surface area contributed by atoms with Crippen LogP contribution in [0.25, 0.3) is 0 Å². The van der Waals surface area contributed by atoms with Crippen molar-refractivity contribution in [1.29, 1.82) is 0 Å². The minimum atomic E-state index is -0.160. The Hall–Kier alpha value is -0.440. The van der Waals surface area contributed by atoms with Crippen molar-refractivity contribution in [1.82, 2.24) is 4.90 Å². The fraction of sp³-hybridized carbons (Fsp3) is 0.455. The van der Waals surface area contributed by atoms with E-state index in [4.69, 9.17) is 5.11 Å². The number of benzene rings is 2. The van der Waals surface area contributed by atoms with E-state index in [0.29, 0.717) is 32.1 Å². The molecule has 0 amide bonds. The fourth-order valence-electron chi connectivity index (χ4n) is 4.28. The van der Waals surface area contributed by atoms with Gasteiger partial charge in [-0.15, -0.1) is 36.6 Å². The molecule has 0 aromatic heterocycles. The van der Waals surface area contributed by atoms with Crippen LogP contribution in [0.15, 0.2) is 57.2 Å². The number of quaternary nitrogens is 1. The van der Waals surface area contributed by atoms with Gasteiger partial charge in [-0.25, -0.2) is 0 Å². The average Bonchev–Trinajstić information content (AvgIpc) is 2.89. The van der Waals surface area contributed by atoms with Gasteiger partial charge in [0, 0.05) is 46.8 Å². The monoisotopic (exact) mass is 488 g/mol. The van der Waals surface area contributed by atoms with Crippen molar-refractivity contribution < 1.29 is 9.75 Å². The molecule has 2 heterocycles. The lowest BCUT2D eigenvalue weighted by Gasteiger charge is -2.50. The van der Waals surface area contributed by atoms with Crippen molar-refractivity contribution in [2.75, 3.05) is 45.6 Å². The number of hydroxylamine groups is 3. The molecule has 8 heteroatoms. The Morgan fingerprint density at radius 1 is 1.13 bits per heavy atom. The summed E-state index contributed by atoms with van der Waals surface area (Å²) in [4.78, 5) is 6.49. The molecule has 166 valence electrons. The van der Waals surface area contributed by atoms with E-state index in [1.807, 2.05) is 11.8 Å². The molecular formula is C22H30Cl2N2O2S2. The summed E-state index contributed by atoms with van der Waals surface area (Å²) in [7, 11) is 0. The first-order chi connectivity index (χ1) is 13.6. The van der Waals surface area contributed by atoms with E-state index in [0.717, 1.165) is 19.5 Å². The highest BCUT2D eigenvalue weighted by molar-refractivity contribution is 7.99. The molecule has 1 atom stereocenters. The van der Waals surface area contributed by atoms with Crippen LogP contribution < -0.4 is 0 Å². The van der Waals surface area contributed by atoms with Gasteiger partial charge in [0.15, 0.2) is 0 Å². The third kappa shape index (κ3) is 5.67. The van der Waals surface area contributed by atoms with E-state index in [2.05, 4.69) is 53.6 Å². The lowest BCUT2D eigenvalue weighted by atomic mass is 9.96. The fourth-order valence-corrected chi connectivity index (χ4v) is 5.84. The lowest BCUT2D eigenvalue weighted by molar-refractivity contribution is -0.885. The molecule has 0 aliphatic carbocycles. The first-order valence-electron chi connectivity index (χ1n) is 9.97. The first-order valence-corrected chi connectivity index (χ1v) is 12.0. The predicted octanol–water partition coefficient (Wildman–Crippen LogP) is 5.01. The summed E-state index contributed by atoms with van der Waals surface area (Å²) >= 11 is 3.66. The topological polar surface area (TPSA) is 46.5 Å². The minimum absolute atomic E-state index is 0. The number of piperazine rings is 1. The van der Waals surface area contributed by atoms with E-state index < -0.39 is 0 Å². The molecular weight excluding hydrogens is 459 g/mol. The summed E-state index contributed by atoms with van der Waals surface area (Å²) < 4.78 is -0.160. The Morgan fingerprint density at radius 3 is 2.57 bits per heavy atom. The standard InChI is InChI=1S/C22H28N2O2S2.2ClH/c1-27-18-7-8-22-19(16-18)20(15-17-5-2-3-6-21(17)28-22)23-9-12-24(26,13-10-23)11-4-14-25;;/h2-3,5-8,16,20,25H,4,9-15H2,1H3;2*1H. The van der Waals surface area contributed by atoms with E-state index in [1.54, 1.807) is 11.8 Å². The van der Waals surface area contributed by atoms with Gasteiger partial charge in [-0.2, -0.15) is 0 Å². The zero-order valence-corrected chi connectivity index (χ0v) is 20.4. The van der Waals surface area contributed by atoms with Crippen LogP contribution in [-0.4, -0.2) is 60.2 Å². The Bertz CT molecular complexity index is 833. The summed E-state index contributed by atoms with van der Waals surface area (Å²) in [5.41, 5.74) is 2.79. The highest BCUT2D eigenvalue weighted by Gasteiger charge is 2.33. The van der Waals surface area contributed by atoms with Crippen LogP contribution in [0.2, 0.25) is 0 Å². The van der Waals surface area contributed by atoms with Crippen LogP contribution in [0.1, 0.15) is 23.6 Å². The summed E-state index contributed by atoms with van der Waals surface area (Å²) in [6.07, 6.45) is 3.71. The van der Waals surface area contributed by atoms with Crippen LogP contribution in [0.5, 0.6) is 0 Å². The van der Waals surface area contributed by atoms with Crippen molar-refractivity contribution in [2.45, 2.75) is 33.6 Å². The second-order valence-electron chi connectivity index (χ2n) is 7.68. The lowest BCUT2D eigenvalue weighted by Crippen LogP contribution is -2.57. The Morgan fingerprint density at radius 2 is 1.87 bits per heavy atom. The maximum Gasteiger partial charge on any atom is 0.0913 e. The highest BCUT2D eigenvalue weighted by atomic mass is 35.5. The van der Waals surface area contributed by atoms with Crippen LogP contribution >= 0.6 is 48.3 Å². The number of thioether (sulfide) groups is 1. The largest absolute Gasteiger partial charge is 0.633 e. The molecule has 2 aliphatic heterocycles. The third-order valence-electron chi connectivity index (χ3n) is 5.94. The number of rotatable bonds is 5.